The zero-order valence-corrected chi connectivity index (χ0v) is 12.9. The van der Waals surface area contributed by atoms with Crippen LogP contribution >= 0.6 is 0 Å². The van der Waals surface area contributed by atoms with E-state index in [1.54, 1.807) is 5.56 Å². The Labute approximate surface area is 123 Å². The number of nitrogens with zero attached hydrogens (tertiary/aromatic N) is 1. The molecule has 2 atom stereocenters. The number of hydrogen-bond acceptors (Lipinski definition) is 2. The first kappa shape index (κ1) is 14.1. The third-order valence-electron chi connectivity index (χ3n) is 5.05. The summed E-state index contributed by atoms with van der Waals surface area (Å²) in [5, 5.41) is 3.40. The van der Waals surface area contributed by atoms with E-state index in [1.165, 1.54) is 44.2 Å². The topological polar surface area (TPSA) is 15.3 Å². The zero-order chi connectivity index (χ0) is 13.9. The van der Waals surface area contributed by atoms with Gasteiger partial charge in [-0.1, -0.05) is 30.7 Å². The van der Waals surface area contributed by atoms with E-state index in [9.17, 15) is 0 Å². The molecular formula is C18H28N2. The summed E-state index contributed by atoms with van der Waals surface area (Å²) in [6.45, 7) is 2.36. The molecule has 0 aromatic heterocycles. The number of likely N-dealkylation sites (tertiary alicyclic amines) is 1. The van der Waals surface area contributed by atoms with Crippen molar-refractivity contribution in [3.05, 3.63) is 35.4 Å². The lowest BCUT2D eigenvalue weighted by molar-refractivity contribution is 0.191. The molecule has 2 aliphatic rings. The maximum absolute atomic E-state index is 3.40. The second kappa shape index (κ2) is 6.28. The quantitative estimate of drug-likeness (QED) is 0.901. The van der Waals surface area contributed by atoms with E-state index in [2.05, 4.69) is 48.6 Å². The largest absolute Gasteiger partial charge is 0.319 e. The molecule has 2 nitrogen and oxygen atoms in total. The fourth-order valence-electron chi connectivity index (χ4n) is 3.81. The fourth-order valence-corrected chi connectivity index (χ4v) is 3.81. The molecule has 20 heavy (non-hydrogen) atoms. The smallest absolute Gasteiger partial charge is 0.0385 e. The number of rotatable bonds is 4. The number of hydrogen-bond donors (Lipinski definition) is 1. The van der Waals surface area contributed by atoms with Crippen molar-refractivity contribution < 1.29 is 0 Å². The Morgan fingerprint density at radius 3 is 2.40 bits per heavy atom. The van der Waals surface area contributed by atoms with Crippen LogP contribution in [-0.2, 0) is 0 Å². The van der Waals surface area contributed by atoms with Crippen LogP contribution in [0.25, 0.3) is 0 Å². The summed E-state index contributed by atoms with van der Waals surface area (Å²) in [7, 11) is 4.38. The zero-order valence-electron chi connectivity index (χ0n) is 12.9. The summed E-state index contributed by atoms with van der Waals surface area (Å²) < 4.78 is 0. The SMILES string of the molecule is CNCC1CCCCN(C)C1c1ccc(C2CC2)cc1. The fraction of sp³-hybridized carbons (Fsp3) is 0.667. The van der Waals surface area contributed by atoms with Crippen LogP contribution in [0, 0.1) is 5.92 Å². The summed E-state index contributed by atoms with van der Waals surface area (Å²) in [5.41, 5.74) is 3.06. The van der Waals surface area contributed by atoms with E-state index in [4.69, 9.17) is 0 Å². The Morgan fingerprint density at radius 2 is 1.75 bits per heavy atom. The van der Waals surface area contributed by atoms with Crippen LogP contribution < -0.4 is 5.32 Å². The molecule has 2 heteroatoms. The van der Waals surface area contributed by atoms with Crippen LogP contribution in [0.15, 0.2) is 24.3 Å². The Balaban J connectivity index is 1.81. The molecule has 110 valence electrons. The van der Waals surface area contributed by atoms with Crippen molar-refractivity contribution in [3.8, 4) is 0 Å². The Bertz CT molecular complexity index is 422. The van der Waals surface area contributed by atoms with Crippen LogP contribution in [0.5, 0.6) is 0 Å². The lowest BCUT2D eigenvalue weighted by Gasteiger charge is -2.33. The molecule has 1 aliphatic heterocycles. The first-order valence-corrected chi connectivity index (χ1v) is 8.24. The highest BCUT2D eigenvalue weighted by molar-refractivity contribution is 5.30. The minimum Gasteiger partial charge on any atom is -0.319 e. The molecule has 1 heterocycles. The van der Waals surface area contributed by atoms with Gasteiger partial charge in [0.1, 0.15) is 0 Å². The second-order valence-electron chi connectivity index (χ2n) is 6.68. The average molecular weight is 272 g/mol. The number of benzene rings is 1. The molecule has 1 aromatic rings. The summed E-state index contributed by atoms with van der Waals surface area (Å²) in [6.07, 6.45) is 6.84. The molecule has 0 spiro atoms. The van der Waals surface area contributed by atoms with Gasteiger partial charge in [-0.3, -0.25) is 4.90 Å². The molecule has 1 N–H and O–H groups in total. The molecule has 1 saturated carbocycles. The summed E-state index contributed by atoms with van der Waals surface area (Å²) in [5.74, 6) is 1.60. The third kappa shape index (κ3) is 3.07. The highest BCUT2D eigenvalue weighted by Crippen LogP contribution is 2.41. The highest BCUT2D eigenvalue weighted by atomic mass is 15.1. The maximum Gasteiger partial charge on any atom is 0.0385 e. The summed E-state index contributed by atoms with van der Waals surface area (Å²) >= 11 is 0. The highest BCUT2D eigenvalue weighted by Gasteiger charge is 2.29. The van der Waals surface area contributed by atoms with Crippen molar-refractivity contribution >= 4 is 0 Å². The normalized spacial score (nSPS) is 28.3. The van der Waals surface area contributed by atoms with Gasteiger partial charge >= 0.3 is 0 Å². The molecule has 1 aromatic carbocycles. The van der Waals surface area contributed by atoms with Gasteiger partial charge in [0.2, 0.25) is 0 Å². The van der Waals surface area contributed by atoms with Gasteiger partial charge in [-0.15, -0.1) is 0 Å². The Hall–Kier alpha value is -0.860. The molecule has 0 radical (unpaired) electrons. The molecule has 0 bridgehead atoms. The van der Waals surface area contributed by atoms with E-state index >= 15 is 0 Å². The van der Waals surface area contributed by atoms with E-state index in [0.717, 1.165) is 18.4 Å². The van der Waals surface area contributed by atoms with E-state index in [-0.39, 0.29) is 0 Å². The molecular weight excluding hydrogens is 244 g/mol. The monoisotopic (exact) mass is 272 g/mol. The first-order chi connectivity index (χ1) is 9.79. The standard InChI is InChI=1S/C18H28N2/c1-19-13-17-5-3-4-12-20(2)18(17)16-10-8-15(9-11-16)14-6-7-14/h8-11,14,17-19H,3-7,12-13H2,1-2H3. The molecule has 1 saturated heterocycles. The van der Waals surface area contributed by atoms with Crippen molar-refractivity contribution in [2.24, 2.45) is 5.92 Å². The number of nitrogens with one attached hydrogen (secondary N) is 1. The van der Waals surface area contributed by atoms with Crippen LogP contribution in [0.4, 0.5) is 0 Å². The predicted molar refractivity (Wildman–Crippen MR) is 85.1 cm³/mol. The van der Waals surface area contributed by atoms with Gasteiger partial charge in [0.15, 0.2) is 0 Å². The Morgan fingerprint density at radius 1 is 1.05 bits per heavy atom. The molecule has 2 fully saturated rings. The van der Waals surface area contributed by atoms with Gasteiger partial charge in [-0.05, 0) is 75.8 Å². The molecule has 1 aliphatic carbocycles. The van der Waals surface area contributed by atoms with Gasteiger partial charge in [-0.25, -0.2) is 0 Å². The van der Waals surface area contributed by atoms with E-state index in [1.807, 2.05) is 0 Å². The van der Waals surface area contributed by atoms with E-state index < -0.39 is 0 Å². The van der Waals surface area contributed by atoms with Crippen LogP contribution in [0.3, 0.4) is 0 Å². The van der Waals surface area contributed by atoms with Crippen LogP contribution in [0.2, 0.25) is 0 Å². The minimum atomic E-state index is 0.582. The lowest BCUT2D eigenvalue weighted by Crippen LogP contribution is -2.33. The molecule has 0 amide bonds. The van der Waals surface area contributed by atoms with Crippen molar-refractivity contribution in [1.29, 1.82) is 0 Å². The minimum absolute atomic E-state index is 0.582. The first-order valence-electron chi connectivity index (χ1n) is 8.24. The molecule has 2 unspecified atom stereocenters. The maximum atomic E-state index is 3.40. The van der Waals surface area contributed by atoms with E-state index in [0.29, 0.717) is 6.04 Å². The van der Waals surface area contributed by atoms with Crippen molar-refractivity contribution in [3.63, 3.8) is 0 Å². The average Bonchev–Trinajstić information content (AvgIpc) is 3.28. The third-order valence-corrected chi connectivity index (χ3v) is 5.05. The second-order valence-corrected chi connectivity index (χ2v) is 6.68. The summed E-state index contributed by atoms with van der Waals surface area (Å²) in [4.78, 5) is 2.57. The molecule has 3 rings (SSSR count). The van der Waals surface area contributed by atoms with Crippen molar-refractivity contribution in [2.75, 3.05) is 27.2 Å². The summed E-state index contributed by atoms with van der Waals surface area (Å²) in [6, 6.07) is 10.1. The van der Waals surface area contributed by atoms with Gasteiger partial charge < -0.3 is 5.32 Å². The van der Waals surface area contributed by atoms with Gasteiger partial charge in [0, 0.05) is 6.04 Å². The van der Waals surface area contributed by atoms with Crippen LogP contribution in [-0.4, -0.2) is 32.1 Å². The predicted octanol–water partition coefficient (Wildman–Crippen LogP) is 3.56. The van der Waals surface area contributed by atoms with Gasteiger partial charge in [0.05, 0.1) is 0 Å². The van der Waals surface area contributed by atoms with Gasteiger partial charge in [-0.2, -0.15) is 0 Å². The Kier molecular flexibility index (Phi) is 4.42. The van der Waals surface area contributed by atoms with Gasteiger partial charge in [0.25, 0.3) is 0 Å². The van der Waals surface area contributed by atoms with Crippen molar-refractivity contribution in [1.82, 2.24) is 10.2 Å². The lowest BCUT2D eigenvalue weighted by atomic mass is 9.88. The van der Waals surface area contributed by atoms with Crippen LogP contribution in [0.1, 0.15) is 55.2 Å². The van der Waals surface area contributed by atoms with Crippen molar-refractivity contribution in [2.45, 2.75) is 44.1 Å².